The summed E-state index contributed by atoms with van der Waals surface area (Å²) in [5.74, 6) is 2.16. The van der Waals surface area contributed by atoms with E-state index >= 15 is 0 Å². The van der Waals surface area contributed by atoms with Gasteiger partial charge in [-0.15, -0.1) is 0 Å². The summed E-state index contributed by atoms with van der Waals surface area (Å²) in [5.41, 5.74) is 2.34. The van der Waals surface area contributed by atoms with Crippen molar-refractivity contribution < 1.29 is 9.53 Å². The van der Waals surface area contributed by atoms with Crippen LogP contribution in [0.25, 0.3) is 10.9 Å². The van der Waals surface area contributed by atoms with Crippen LogP contribution in [0.3, 0.4) is 0 Å². The van der Waals surface area contributed by atoms with Gasteiger partial charge < -0.3 is 15.0 Å². The Hall–Kier alpha value is -2.14. The maximum atomic E-state index is 12.3. The summed E-state index contributed by atoms with van der Waals surface area (Å²) >= 11 is 0. The monoisotopic (exact) mass is 465 g/mol. The van der Waals surface area contributed by atoms with Crippen LogP contribution >= 0.6 is 0 Å². The number of likely N-dealkylation sites (tertiary alicyclic amines) is 1. The first-order valence-electron chi connectivity index (χ1n) is 13.6. The zero-order chi connectivity index (χ0) is 23.9. The molecule has 0 radical (unpaired) electrons. The van der Waals surface area contributed by atoms with Gasteiger partial charge in [0.2, 0.25) is 5.91 Å². The highest BCUT2D eigenvalue weighted by atomic mass is 16.5. The Labute approximate surface area is 205 Å². The van der Waals surface area contributed by atoms with Crippen molar-refractivity contribution in [1.82, 2.24) is 15.2 Å². The van der Waals surface area contributed by atoms with Gasteiger partial charge in [-0.05, 0) is 94.9 Å². The number of rotatable bonds is 9. The number of unbranched alkanes of at least 4 members (excludes halogenated alkanes) is 1. The predicted molar refractivity (Wildman–Crippen MR) is 139 cm³/mol. The van der Waals surface area contributed by atoms with Crippen LogP contribution in [-0.2, 0) is 11.2 Å². The number of ether oxygens (including phenoxy) is 1. The molecular formula is C29H43N3O2. The van der Waals surface area contributed by atoms with Gasteiger partial charge in [0.25, 0.3) is 0 Å². The van der Waals surface area contributed by atoms with Gasteiger partial charge in [0.1, 0.15) is 17.4 Å². The van der Waals surface area contributed by atoms with Crippen molar-refractivity contribution in [2.24, 2.45) is 11.8 Å². The van der Waals surface area contributed by atoms with E-state index in [1.165, 1.54) is 43.2 Å². The van der Waals surface area contributed by atoms with Crippen molar-refractivity contribution >= 4 is 16.8 Å². The molecule has 5 heteroatoms. The highest BCUT2D eigenvalue weighted by Gasteiger charge is 2.29. The lowest BCUT2D eigenvalue weighted by Crippen LogP contribution is -2.42. The molecule has 0 bridgehead atoms. The Morgan fingerprint density at radius 1 is 1.15 bits per heavy atom. The van der Waals surface area contributed by atoms with Crippen LogP contribution in [0, 0.1) is 11.8 Å². The SMILES string of the molecule is CCCCc1cc(OC2CCN(C[C@H]3CC[C@H](C(=O)NC(C)C)CC3)CC2)c2ncccc2c1. The second kappa shape index (κ2) is 12.0. The van der Waals surface area contributed by atoms with Crippen molar-refractivity contribution in [3.8, 4) is 5.75 Å². The maximum Gasteiger partial charge on any atom is 0.223 e. The average Bonchev–Trinajstić information content (AvgIpc) is 2.84. The minimum atomic E-state index is 0.217. The van der Waals surface area contributed by atoms with E-state index in [-0.39, 0.29) is 24.0 Å². The summed E-state index contributed by atoms with van der Waals surface area (Å²) in [6.45, 7) is 9.68. The quantitative estimate of drug-likeness (QED) is 0.512. The highest BCUT2D eigenvalue weighted by Crippen LogP contribution is 2.32. The molecule has 4 rings (SSSR count). The molecule has 2 heterocycles. The van der Waals surface area contributed by atoms with E-state index in [9.17, 15) is 4.79 Å². The molecule has 1 amide bonds. The molecule has 1 saturated carbocycles. The van der Waals surface area contributed by atoms with Crippen LogP contribution in [0.15, 0.2) is 30.5 Å². The third-order valence-electron chi connectivity index (χ3n) is 7.54. The third kappa shape index (κ3) is 6.71. The van der Waals surface area contributed by atoms with Crippen molar-refractivity contribution in [3.63, 3.8) is 0 Å². The van der Waals surface area contributed by atoms with Gasteiger partial charge in [0.05, 0.1) is 0 Å². The number of nitrogens with zero attached hydrogens (tertiary/aromatic N) is 2. The molecule has 1 aliphatic carbocycles. The van der Waals surface area contributed by atoms with E-state index in [0.717, 1.165) is 62.4 Å². The molecule has 0 unspecified atom stereocenters. The number of hydrogen-bond donors (Lipinski definition) is 1. The molecule has 2 aliphatic rings. The van der Waals surface area contributed by atoms with Crippen LogP contribution in [0.5, 0.6) is 5.75 Å². The largest absolute Gasteiger partial charge is 0.488 e. The van der Waals surface area contributed by atoms with Crippen LogP contribution in [0.4, 0.5) is 0 Å². The molecule has 2 fully saturated rings. The molecule has 0 atom stereocenters. The molecule has 1 saturated heterocycles. The second-order valence-electron chi connectivity index (χ2n) is 10.8. The van der Waals surface area contributed by atoms with Crippen LogP contribution in [0.2, 0.25) is 0 Å². The van der Waals surface area contributed by atoms with Gasteiger partial charge in [-0.1, -0.05) is 19.4 Å². The van der Waals surface area contributed by atoms with Crippen molar-refractivity contribution in [2.45, 2.75) is 90.7 Å². The number of amides is 1. The zero-order valence-electron chi connectivity index (χ0n) is 21.4. The average molecular weight is 466 g/mol. The summed E-state index contributed by atoms with van der Waals surface area (Å²) in [4.78, 5) is 19.6. The van der Waals surface area contributed by atoms with Crippen molar-refractivity contribution in [3.05, 3.63) is 36.0 Å². The minimum Gasteiger partial charge on any atom is -0.488 e. The lowest BCUT2D eigenvalue weighted by molar-refractivity contribution is -0.126. The van der Waals surface area contributed by atoms with E-state index in [4.69, 9.17) is 4.74 Å². The predicted octanol–water partition coefficient (Wildman–Crippen LogP) is 5.75. The summed E-state index contributed by atoms with van der Waals surface area (Å²) in [5, 5.41) is 4.27. The zero-order valence-corrected chi connectivity index (χ0v) is 21.4. The molecule has 1 aliphatic heterocycles. The molecule has 0 spiro atoms. The maximum absolute atomic E-state index is 12.3. The first kappa shape index (κ1) is 25.0. The van der Waals surface area contributed by atoms with Gasteiger partial charge in [0, 0.05) is 43.2 Å². The molecule has 5 nitrogen and oxygen atoms in total. The highest BCUT2D eigenvalue weighted by molar-refractivity contribution is 5.85. The van der Waals surface area contributed by atoms with Crippen LogP contribution < -0.4 is 10.1 Å². The smallest absolute Gasteiger partial charge is 0.223 e. The number of nitrogens with one attached hydrogen (secondary N) is 1. The van der Waals surface area contributed by atoms with Gasteiger partial charge in [-0.2, -0.15) is 0 Å². The standard InChI is InChI=1S/C29H43N3O2/c1-4-5-7-23-18-25-8-6-15-30-28(25)27(19-23)34-26-13-16-32(17-14-26)20-22-9-11-24(12-10-22)29(33)31-21(2)3/h6,8,15,18-19,21-22,24,26H,4-5,7,9-14,16-17,20H2,1-3H3,(H,31,33)/t22-,24-. The van der Waals surface area contributed by atoms with Gasteiger partial charge in [-0.3, -0.25) is 9.78 Å². The molecular weight excluding hydrogens is 422 g/mol. The summed E-state index contributed by atoms with van der Waals surface area (Å²) < 4.78 is 6.57. The number of aryl methyl sites for hydroxylation is 1. The molecule has 186 valence electrons. The van der Waals surface area contributed by atoms with Crippen LogP contribution in [-0.4, -0.2) is 47.6 Å². The van der Waals surface area contributed by atoms with Crippen LogP contribution in [0.1, 0.15) is 77.7 Å². The van der Waals surface area contributed by atoms with E-state index in [1.807, 2.05) is 26.1 Å². The van der Waals surface area contributed by atoms with E-state index in [1.54, 1.807) is 0 Å². The van der Waals surface area contributed by atoms with Gasteiger partial charge in [-0.25, -0.2) is 0 Å². The van der Waals surface area contributed by atoms with E-state index in [2.05, 4.69) is 40.3 Å². The molecule has 1 aromatic heterocycles. The Balaban J connectivity index is 1.26. The van der Waals surface area contributed by atoms with Gasteiger partial charge >= 0.3 is 0 Å². The fourth-order valence-corrected chi connectivity index (χ4v) is 5.60. The first-order valence-corrected chi connectivity index (χ1v) is 13.6. The number of carbonyl (C=O) groups excluding carboxylic acids is 1. The summed E-state index contributed by atoms with van der Waals surface area (Å²) in [6, 6.07) is 8.90. The van der Waals surface area contributed by atoms with Crippen molar-refractivity contribution in [2.75, 3.05) is 19.6 Å². The fraction of sp³-hybridized carbons (Fsp3) is 0.655. The Morgan fingerprint density at radius 3 is 2.62 bits per heavy atom. The fourth-order valence-electron chi connectivity index (χ4n) is 5.60. The number of carbonyl (C=O) groups is 1. The lowest BCUT2D eigenvalue weighted by Gasteiger charge is -2.36. The number of piperidine rings is 1. The summed E-state index contributed by atoms with van der Waals surface area (Å²) in [7, 11) is 0. The molecule has 1 N–H and O–H groups in total. The number of hydrogen-bond acceptors (Lipinski definition) is 4. The normalized spacial score (nSPS) is 22.2. The van der Waals surface area contributed by atoms with Gasteiger partial charge in [0.15, 0.2) is 0 Å². The molecule has 34 heavy (non-hydrogen) atoms. The number of aromatic nitrogens is 1. The van der Waals surface area contributed by atoms with E-state index in [0.29, 0.717) is 0 Å². The Morgan fingerprint density at radius 2 is 1.91 bits per heavy atom. The van der Waals surface area contributed by atoms with E-state index < -0.39 is 0 Å². The minimum absolute atomic E-state index is 0.217. The molecule has 1 aromatic carbocycles. The first-order chi connectivity index (χ1) is 16.5. The second-order valence-corrected chi connectivity index (χ2v) is 10.8. The number of pyridine rings is 1. The Kier molecular flexibility index (Phi) is 8.82. The summed E-state index contributed by atoms with van der Waals surface area (Å²) in [6.07, 6.45) is 12.2. The van der Waals surface area contributed by atoms with Crippen molar-refractivity contribution in [1.29, 1.82) is 0 Å². The topological polar surface area (TPSA) is 54.5 Å². The lowest BCUT2D eigenvalue weighted by atomic mass is 9.81. The molecule has 2 aromatic rings. The number of benzene rings is 1. The third-order valence-corrected chi connectivity index (χ3v) is 7.54. The Bertz CT molecular complexity index is 928. The number of fused-ring (bicyclic) bond motifs is 1.